The number of nitriles is 1. The number of thiophene rings is 1. The first-order valence-electron chi connectivity index (χ1n) is 17.3. The van der Waals surface area contributed by atoms with Crippen LogP contribution in [0.4, 0.5) is 19.6 Å². The highest BCUT2D eigenvalue weighted by Gasteiger charge is 2.75. The Hall–Kier alpha value is -3.67. The number of benzene rings is 2. The molecular formula is C36H37F2N7O3S. The first-order chi connectivity index (χ1) is 23.7. The Balaban J connectivity index is 1.15. The van der Waals surface area contributed by atoms with E-state index in [9.17, 15) is 14.8 Å². The van der Waals surface area contributed by atoms with Gasteiger partial charge in [-0.25, -0.2) is 8.78 Å². The SMILES string of the molecule is C[C@H](O)CN1CC2N(c3nc(OC[C@@]45CCCN4C[C@H](F)C5)nc4c(F)c(-c5cccc6sc(N)c(C#N)c56)c5c(c34)COC5)C3CCC321. The summed E-state index contributed by atoms with van der Waals surface area (Å²) in [7, 11) is 0. The lowest BCUT2D eigenvalue weighted by Gasteiger charge is -2.81. The third kappa shape index (κ3) is 3.92. The van der Waals surface area contributed by atoms with E-state index in [2.05, 4.69) is 20.8 Å². The van der Waals surface area contributed by atoms with Crippen LogP contribution in [0, 0.1) is 17.1 Å². The van der Waals surface area contributed by atoms with Gasteiger partial charge in [-0.05, 0) is 61.9 Å². The fraction of sp³-hybridized carbons (Fsp3) is 0.528. The first-order valence-corrected chi connectivity index (χ1v) is 18.1. The predicted octanol–water partition coefficient (Wildman–Crippen LogP) is 4.88. The molecule has 3 N–H and O–H groups in total. The number of anilines is 2. The van der Waals surface area contributed by atoms with Crippen molar-refractivity contribution >= 4 is 43.1 Å². The first kappa shape index (κ1) is 30.2. The number of piperazine rings is 1. The van der Waals surface area contributed by atoms with Gasteiger partial charge in [-0.1, -0.05) is 12.1 Å². The van der Waals surface area contributed by atoms with Crippen LogP contribution < -0.4 is 15.4 Å². The van der Waals surface area contributed by atoms with Crippen LogP contribution in [-0.2, 0) is 18.0 Å². The molecule has 13 heteroatoms. The van der Waals surface area contributed by atoms with Crippen LogP contribution >= 0.6 is 11.3 Å². The van der Waals surface area contributed by atoms with Gasteiger partial charge in [0.25, 0.3) is 0 Å². The van der Waals surface area contributed by atoms with E-state index in [0.29, 0.717) is 57.8 Å². The average Bonchev–Trinajstić information content (AvgIpc) is 3.82. The van der Waals surface area contributed by atoms with Crippen LogP contribution in [0.15, 0.2) is 18.2 Å². The summed E-state index contributed by atoms with van der Waals surface area (Å²) in [6.07, 6.45) is 2.93. The van der Waals surface area contributed by atoms with Gasteiger partial charge in [0.2, 0.25) is 0 Å². The molecule has 0 radical (unpaired) electrons. The van der Waals surface area contributed by atoms with Gasteiger partial charge in [-0.2, -0.15) is 15.2 Å². The number of halogens is 2. The Morgan fingerprint density at radius 2 is 2.06 bits per heavy atom. The molecule has 5 fully saturated rings. The minimum atomic E-state index is -0.900. The number of hydrogen-bond acceptors (Lipinski definition) is 11. The molecule has 1 spiro atoms. The smallest absolute Gasteiger partial charge is 0.319 e. The number of nitrogen functional groups attached to an aromatic ring is 1. The van der Waals surface area contributed by atoms with Gasteiger partial charge in [-0.3, -0.25) is 9.80 Å². The molecule has 6 aliphatic rings. The van der Waals surface area contributed by atoms with E-state index in [1.54, 1.807) is 0 Å². The molecule has 0 bridgehead atoms. The van der Waals surface area contributed by atoms with Gasteiger partial charge in [0.15, 0.2) is 5.82 Å². The third-order valence-electron chi connectivity index (χ3n) is 12.5. The van der Waals surface area contributed by atoms with Gasteiger partial charge < -0.3 is 25.2 Å². The van der Waals surface area contributed by atoms with E-state index in [0.717, 1.165) is 54.6 Å². The molecule has 1 saturated carbocycles. The summed E-state index contributed by atoms with van der Waals surface area (Å²) in [5.74, 6) is 0.143. The number of piperidine rings is 1. The lowest BCUT2D eigenvalue weighted by molar-refractivity contribution is -0.185. The molecule has 254 valence electrons. The zero-order valence-corrected chi connectivity index (χ0v) is 28.0. The molecule has 6 atom stereocenters. The van der Waals surface area contributed by atoms with Gasteiger partial charge >= 0.3 is 6.01 Å². The molecule has 0 amide bonds. The predicted molar refractivity (Wildman–Crippen MR) is 182 cm³/mol. The number of ether oxygens (including phenoxy) is 2. The molecule has 2 aromatic carbocycles. The maximum atomic E-state index is 17.5. The quantitative estimate of drug-likeness (QED) is 0.278. The van der Waals surface area contributed by atoms with Crippen molar-refractivity contribution in [3.05, 3.63) is 40.7 Å². The van der Waals surface area contributed by atoms with Crippen LogP contribution in [0.5, 0.6) is 6.01 Å². The second-order valence-electron chi connectivity index (χ2n) is 14.9. The van der Waals surface area contributed by atoms with E-state index in [4.69, 9.17) is 25.2 Å². The number of aromatic nitrogens is 2. The lowest BCUT2D eigenvalue weighted by atomic mass is 9.52. The number of rotatable bonds is 7. The van der Waals surface area contributed by atoms with E-state index in [1.165, 1.54) is 11.3 Å². The number of β-amino-alcohol motifs (C(OH)–C–C–N with tert-alkyl or cyclic N) is 1. The number of alkyl halides is 1. The number of aliphatic hydroxyl groups is 1. The van der Waals surface area contributed by atoms with Crippen LogP contribution in [0.2, 0.25) is 0 Å². The number of nitrogens with zero attached hydrogens (tertiary/aromatic N) is 6. The fourth-order valence-corrected chi connectivity index (χ4v) is 11.3. The van der Waals surface area contributed by atoms with E-state index >= 15 is 4.39 Å². The normalized spacial score (nSPS) is 30.7. The number of hydrogen-bond donors (Lipinski definition) is 2. The van der Waals surface area contributed by atoms with Gasteiger partial charge in [0.1, 0.15) is 35.2 Å². The Bertz CT molecular complexity index is 2110. The number of aliphatic hydroxyl groups excluding tert-OH is 1. The summed E-state index contributed by atoms with van der Waals surface area (Å²) in [6, 6.07) is 8.28. The van der Waals surface area contributed by atoms with Crippen molar-refractivity contribution in [3.8, 4) is 23.2 Å². The van der Waals surface area contributed by atoms with Crippen molar-refractivity contribution in [3.63, 3.8) is 0 Å². The van der Waals surface area contributed by atoms with Crippen LogP contribution in [-0.4, -0.2) is 93.1 Å². The van der Waals surface area contributed by atoms with Crippen LogP contribution in [0.1, 0.15) is 55.7 Å². The van der Waals surface area contributed by atoms with E-state index in [-0.39, 0.29) is 49.0 Å². The molecule has 10 nitrogen and oxygen atoms in total. The lowest BCUT2D eigenvalue weighted by Crippen LogP contribution is -2.96. The van der Waals surface area contributed by atoms with Crippen LogP contribution in [0.3, 0.4) is 0 Å². The molecule has 3 unspecified atom stereocenters. The zero-order valence-electron chi connectivity index (χ0n) is 27.2. The highest BCUT2D eigenvalue weighted by molar-refractivity contribution is 7.23. The summed E-state index contributed by atoms with van der Waals surface area (Å²) in [6.45, 7) is 5.21. The van der Waals surface area contributed by atoms with E-state index in [1.807, 2.05) is 25.1 Å². The Labute approximate surface area is 286 Å². The standard InChI is InChI=1S/C36H37F2N7O3S/c1-18(46)12-44-14-26-36(44)8-6-25(36)45(26)33-29-23-16-47-15-22(23)28(20-4-2-5-24-27(20)21(11-39)32(40)49-24)30(38)31(29)41-34(42-33)48-17-35-7-3-9-43(35)13-19(37)10-35/h2,4-5,18-19,25-26,46H,3,6-10,12-17,40H2,1H3/t18-,19+,25?,26?,35-,36?/m0/s1. The molecule has 2 aromatic heterocycles. The number of likely N-dealkylation sites (tertiary alicyclic amines) is 1. The van der Waals surface area contributed by atoms with Crippen molar-refractivity contribution in [1.29, 1.82) is 5.26 Å². The fourth-order valence-electron chi connectivity index (χ4n) is 10.3. The largest absolute Gasteiger partial charge is 0.461 e. The molecule has 5 aliphatic heterocycles. The molecule has 4 aromatic rings. The number of nitrogens with two attached hydrogens (primary N) is 1. The monoisotopic (exact) mass is 685 g/mol. The maximum absolute atomic E-state index is 17.5. The van der Waals surface area contributed by atoms with Crippen LogP contribution in [0.25, 0.3) is 32.1 Å². The third-order valence-corrected chi connectivity index (χ3v) is 13.5. The summed E-state index contributed by atoms with van der Waals surface area (Å²) in [5, 5.41) is 21.9. The molecule has 7 heterocycles. The van der Waals surface area contributed by atoms with Gasteiger partial charge in [0.05, 0.1) is 53.4 Å². The Morgan fingerprint density at radius 3 is 2.84 bits per heavy atom. The van der Waals surface area contributed by atoms with Crippen molar-refractivity contribution in [2.24, 2.45) is 0 Å². The zero-order chi connectivity index (χ0) is 33.4. The Kier molecular flexibility index (Phi) is 6.42. The molecular weight excluding hydrogens is 649 g/mol. The maximum Gasteiger partial charge on any atom is 0.319 e. The molecule has 10 rings (SSSR count). The van der Waals surface area contributed by atoms with Gasteiger partial charge in [-0.15, -0.1) is 11.3 Å². The average molecular weight is 686 g/mol. The highest BCUT2D eigenvalue weighted by Crippen LogP contribution is 2.62. The minimum absolute atomic E-state index is 0.00103. The Morgan fingerprint density at radius 1 is 1.20 bits per heavy atom. The molecule has 4 saturated heterocycles. The van der Waals surface area contributed by atoms with Gasteiger partial charge in [0, 0.05) is 41.7 Å². The molecule has 49 heavy (non-hydrogen) atoms. The summed E-state index contributed by atoms with van der Waals surface area (Å²) >= 11 is 1.32. The van der Waals surface area contributed by atoms with Crippen molar-refractivity contribution < 1.29 is 23.4 Å². The van der Waals surface area contributed by atoms with E-state index < -0.39 is 23.6 Å². The summed E-state index contributed by atoms with van der Waals surface area (Å²) in [4.78, 5) is 16.8. The highest BCUT2D eigenvalue weighted by atomic mass is 32.1. The van der Waals surface area contributed by atoms with Crippen molar-refractivity contribution in [2.45, 2.75) is 87.7 Å². The van der Waals surface area contributed by atoms with Crippen molar-refractivity contribution in [1.82, 2.24) is 19.8 Å². The second-order valence-corrected chi connectivity index (χ2v) is 16.0. The summed E-state index contributed by atoms with van der Waals surface area (Å²) < 4.78 is 45.4. The number of fused-ring (bicyclic) bond motifs is 5. The molecule has 1 aliphatic carbocycles. The second kappa shape index (κ2) is 10.4. The topological polar surface area (TPSA) is 124 Å². The van der Waals surface area contributed by atoms with Crippen molar-refractivity contribution in [2.75, 3.05) is 43.4 Å². The minimum Gasteiger partial charge on any atom is -0.461 e. The summed E-state index contributed by atoms with van der Waals surface area (Å²) in [5.41, 5.74) is 8.87.